The summed E-state index contributed by atoms with van der Waals surface area (Å²) in [6.45, 7) is 1.20. The highest BCUT2D eigenvalue weighted by Crippen LogP contribution is 2.33. The molecule has 1 aliphatic rings. The molecule has 2 aromatic rings. The number of likely N-dealkylation sites (tertiary alicyclic amines) is 1. The number of hydrogen-bond donors (Lipinski definition) is 2. The van der Waals surface area contributed by atoms with E-state index < -0.39 is 6.10 Å². The van der Waals surface area contributed by atoms with Crippen LogP contribution in [0.2, 0.25) is 0 Å². The molecule has 0 aromatic heterocycles. The van der Waals surface area contributed by atoms with Gasteiger partial charge in [-0.3, -0.25) is 9.69 Å². The highest BCUT2D eigenvalue weighted by atomic mass is 19.1. The van der Waals surface area contributed by atoms with E-state index in [1.807, 2.05) is 18.2 Å². The van der Waals surface area contributed by atoms with Gasteiger partial charge in [0.2, 0.25) is 0 Å². The molecule has 2 aromatic carbocycles. The van der Waals surface area contributed by atoms with Gasteiger partial charge in [-0.25, -0.2) is 4.39 Å². The smallest absolute Gasteiger partial charge is 0.251 e. The number of aliphatic hydroxyl groups is 1. The molecule has 1 aliphatic heterocycles. The second-order valence-corrected chi connectivity index (χ2v) is 6.17. The Hall–Kier alpha value is -2.24. The molecule has 0 saturated carbocycles. The minimum atomic E-state index is -0.414. The third kappa shape index (κ3) is 3.63. The molecule has 1 fully saturated rings. The topological polar surface area (TPSA) is 52.6 Å². The molecule has 1 amide bonds. The van der Waals surface area contributed by atoms with Crippen molar-refractivity contribution in [1.82, 2.24) is 10.2 Å². The van der Waals surface area contributed by atoms with E-state index in [9.17, 15) is 14.3 Å². The Labute approximate surface area is 140 Å². The zero-order valence-electron chi connectivity index (χ0n) is 13.6. The van der Waals surface area contributed by atoms with Gasteiger partial charge in [0.15, 0.2) is 0 Å². The van der Waals surface area contributed by atoms with E-state index in [4.69, 9.17) is 0 Å². The first-order valence-electron chi connectivity index (χ1n) is 8.05. The SMILES string of the molecule is CNC(=O)c1ccc(CN2C[C@@H](O)C[C@H]2c2cccc(F)c2)cc1. The van der Waals surface area contributed by atoms with Gasteiger partial charge in [-0.05, 0) is 41.8 Å². The summed E-state index contributed by atoms with van der Waals surface area (Å²) in [6.07, 6.45) is 0.183. The summed E-state index contributed by atoms with van der Waals surface area (Å²) in [4.78, 5) is 13.7. The monoisotopic (exact) mass is 328 g/mol. The molecule has 2 atom stereocenters. The number of halogens is 1. The van der Waals surface area contributed by atoms with Crippen LogP contribution in [0.4, 0.5) is 4.39 Å². The van der Waals surface area contributed by atoms with Crippen LogP contribution in [-0.4, -0.2) is 35.6 Å². The first kappa shape index (κ1) is 16.6. The molecule has 126 valence electrons. The summed E-state index contributed by atoms with van der Waals surface area (Å²) in [6, 6.07) is 14.0. The number of β-amino-alcohol motifs (C(OH)–C–C–N with tert-alkyl or cyclic N) is 1. The standard InChI is InChI=1S/C19H21FN2O2/c1-21-19(24)14-7-5-13(6-8-14)11-22-12-17(23)10-18(22)15-3-2-4-16(20)9-15/h2-9,17-18,23H,10-12H2,1H3,(H,21,24)/t17-,18-/m0/s1. The van der Waals surface area contributed by atoms with Gasteiger partial charge in [0.25, 0.3) is 5.91 Å². The average molecular weight is 328 g/mol. The number of carbonyl (C=O) groups is 1. The van der Waals surface area contributed by atoms with Crippen LogP contribution < -0.4 is 5.32 Å². The van der Waals surface area contributed by atoms with E-state index >= 15 is 0 Å². The van der Waals surface area contributed by atoms with Crippen molar-refractivity contribution in [2.24, 2.45) is 0 Å². The van der Waals surface area contributed by atoms with Crippen molar-refractivity contribution in [3.8, 4) is 0 Å². The second kappa shape index (κ2) is 7.11. The molecule has 3 rings (SSSR count). The van der Waals surface area contributed by atoms with E-state index in [0.29, 0.717) is 25.1 Å². The van der Waals surface area contributed by atoms with Crippen molar-refractivity contribution in [3.05, 3.63) is 71.0 Å². The molecule has 1 heterocycles. The summed E-state index contributed by atoms with van der Waals surface area (Å²) in [5.74, 6) is -0.375. The van der Waals surface area contributed by atoms with Crippen LogP contribution in [-0.2, 0) is 6.54 Å². The lowest BCUT2D eigenvalue weighted by molar-refractivity contribution is 0.0963. The highest BCUT2D eigenvalue weighted by molar-refractivity contribution is 5.93. The van der Waals surface area contributed by atoms with E-state index in [1.54, 1.807) is 25.2 Å². The van der Waals surface area contributed by atoms with Crippen LogP contribution >= 0.6 is 0 Å². The average Bonchev–Trinajstić information content (AvgIpc) is 2.95. The fourth-order valence-electron chi connectivity index (χ4n) is 3.26. The number of benzene rings is 2. The highest BCUT2D eigenvalue weighted by Gasteiger charge is 2.32. The van der Waals surface area contributed by atoms with Crippen molar-refractivity contribution in [3.63, 3.8) is 0 Å². The zero-order valence-corrected chi connectivity index (χ0v) is 13.6. The van der Waals surface area contributed by atoms with Crippen molar-refractivity contribution >= 4 is 5.91 Å². The molecule has 0 unspecified atom stereocenters. The maximum Gasteiger partial charge on any atom is 0.251 e. The number of carbonyl (C=O) groups excluding carboxylic acids is 1. The molecule has 0 bridgehead atoms. The Bertz CT molecular complexity index is 718. The Morgan fingerprint density at radius 2 is 2.04 bits per heavy atom. The molecule has 5 heteroatoms. The van der Waals surface area contributed by atoms with Gasteiger partial charge in [0.1, 0.15) is 5.82 Å². The predicted molar refractivity (Wildman–Crippen MR) is 90.0 cm³/mol. The zero-order chi connectivity index (χ0) is 17.1. The summed E-state index contributed by atoms with van der Waals surface area (Å²) < 4.78 is 13.5. The molecule has 0 spiro atoms. The Kier molecular flexibility index (Phi) is 4.92. The maximum atomic E-state index is 13.5. The summed E-state index contributed by atoms with van der Waals surface area (Å²) in [7, 11) is 1.60. The number of amides is 1. The Morgan fingerprint density at radius 1 is 1.29 bits per heavy atom. The van der Waals surface area contributed by atoms with Crippen molar-refractivity contribution in [2.45, 2.75) is 25.1 Å². The summed E-state index contributed by atoms with van der Waals surface area (Å²) >= 11 is 0. The van der Waals surface area contributed by atoms with Crippen LogP contribution in [0.15, 0.2) is 48.5 Å². The first-order chi connectivity index (χ1) is 11.6. The second-order valence-electron chi connectivity index (χ2n) is 6.17. The number of hydrogen-bond acceptors (Lipinski definition) is 3. The molecule has 4 nitrogen and oxygen atoms in total. The van der Waals surface area contributed by atoms with Crippen LogP contribution in [0.25, 0.3) is 0 Å². The fraction of sp³-hybridized carbons (Fsp3) is 0.316. The van der Waals surface area contributed by atoms with E-state index in [1.165, 1.54) is 12.1 Å². The molecule has 1 saturated heterocycles. The van der Waals surface area contributed by atoms with Gasteiger partial charge < -0.3 is 10.4 Å². The molecular formula is C19H21FN2O2. The van der Waals surface area contributed by atoms with Crippen LogP contribution in [0.3, 0.4) is 0 Å². The minimum Gasteiger partial charge on any atom is -0.392 e. The lowest BCUT2D eigenvalue weighted by atomic mass is 10.0. The maximum absolute atomic E-state index is 13.5. The van der Waals surface area contributed by atoms with E-state index in [0.717, 1.165) is 11.1 Å². The summed E-state index contributed by atoms with van der Waals surface area (Å²) in [5, 5.41) is 12.6. The van der Waals surface area contributed by atoms with Gasteiger partial charge in [-0.15, -0.1) is 0 Å². The fourth-order valence-corrected chi connectivity index (χ4v) is 3.26. The van der Waals surface area contributed by atoms with Crippen molar-refractivity contribution < 1.29 is 14.3 Å². The van der Waals surface area contributed by atoms with Crippen molar-refractivity contribution in [1.29, 1.82) is 0 Å². The third-order valence-corrected chi connectivity index (χ3v) is 4.44. The number of aliphatic hydroxyl groups excluding tert-OH is 1. The largest absolute Gasteiger partial charge is 0.392 e. The van der Waals surface area contributed by atoms with Gasteiger partial charge in [-0.1, -0.05) is 24.3 Å². The third-order valence-electron chi connectivity index (χ3n) is 4.44. The van der Waals surface area contributed by atoms with E-state index in [2.05, 4.69) is 10.2 Å². The van der Waals surface area contributed by atoms with Gasteiger partial charge >= 0.3 is 0 Å². The van der Waals surface area contributed by atoms with Gasteiger partial charge in [-0.2, -0.15) is 0 Å². The predicted octanol–water partition coefficient (Wildman–Crippen LogP) is 2.49. The van der Waals surface area contributed by atoms with E-state index in [-0.39, 0.29) is 17.8 Å². The number of nitrogens with one attached hydrogen (secondary N) is 1. The van der Waals surface area contributed by atoms with Crippen molar-refractivity contribution in [2.75, 3.05) is 13.6 Å². The van der Waals surface area contributed by atoms with Crippen LogP contribution in [0.5, 0.6) is 0 Å². The van der Waals surface area contributed by atoms with Crippen LogP contribution in [0, 0.1) is 5.82 Å². The lowest BCUT2D eigenvalue weighted by Crippen LogP contribution is -2.24. The van der Waals surface area contributed by atoms with Gasteiger partial charge in [0.05, 0.1) is 6.10 Å². The quantitative estimate of drug-likeness (QED) is 0.907. The minimum absolute atomic E-state index is 0.00526. The number of nitrogens with zero attached hydrogens (tertiary/aromatic N) is 1. The molecule has 0 radical (unpaired) electrons. The molecular weight excluding hydrogens is 307 g/mol. The molecule has 2 N–H and O–H groups in total. The van der Waals surface area contributed by atoms with Crippen LogP contribution in [0.1, 0.15) is 33.9 Å². The summed E-state index contributed by atoms with van der Waals surface area (Å²) in [5.41, 5.74) is 2.55. The van der Waals surface area contributed by atoms with Gasteiger partial charge in [0, 0.05) is 31.7 Å². The number of rotatable bonds is 4. The normalized spacial score (nSPS) is 21.0. The molecule has 24 heavy (non-hydrogen) atoms. The molecule has 0 aliphatic carbocycles. The Morgan fingerprint density at radius 3 is 2.71 bits per heavy atom. The first-order valence-corrected chi connectivity index (χ1v) is 8.05. The lowest BCUT2D eigenvalue weighted by Gasteiger charge is -2.24. The Balaban J connectivity index is 1.76.